The maximum absolute atomic E-state index is 12.5. The molecule has 0 aliphatic rings. The van der Waals surface area contributed by atoms with Crippen molar-refractivity contribution in [3.8, 4) is 5.75 Å². The van der Waals surface area contributed by atoms with Crippen LogP contribution in [-0.4, -0.2) is 13.0 Å². The van der Waals surface area contributed by atoms with E-state index < -0.39 is 0 Å². The van der Waals surface area contributed by atoms with Gasteiger partial charge in [0.2, 0.25) is 0 Å². The van der Waals surface area contributed by atoms with Gasteiger partial charge in [-0.3, -0.25) is 4.79 Å². The third kappa shape index (κ3) is 3.68. The summed E-state index contributed by atoms with van der Waals surface area (Å²) in [6.45, 7) is 0. The molecule has 0 radical (unpaired) electrons. The summed E-state index contributed by atoms with van der Waals surface area (Å²) < 4.78 is 11.1. The van der Waals surface area contributed by atoms with Crippen LogP contribution in [0.15, 0.2) is 75.8 Å². The van der Waals surface area contributed by atoms with E-state index in [-0.39, 0.29) is 17.7 Å². The molecule has 0 aliphatic heterocycles. The molecule has 3 aromatic rings. The Morgan fingerprint density at radius 2 is 1.67 bits per heavy atom. The zero-order valence-corrected chi connectivity index (χ0v) is 14.6. The van der Waals surface area contributed by atoms with Crippen molar-refractivity contribution in [1.29, 1.82) is 0 Å². The van der Waals surface area contributed by atoms with Crippen LogP contribution < -0.4 is 10.1 Å². The van der Waals surface area contributed by atoms with E-state index in [9.17, 15) is 4.79 Å². The lowest BCUT2D eigenvalue weighted by Crippen LogP contribution is -2.29. The van der Waals surface area contributed by atoms with Crippen LogP contribution in [0.5, 0.6) is 5.75 Å². The van der Waals surface area contributed by atoms with E-state index in [2.05, 4.69) is 21.2 Å². The maximum atomic E-state index is 12.5. The Hall–Kier alpha value is -2.53. The highest BCUT2D eigenvalue weighted by Crippen LogP contribution is 2.25. The second-order valence-electron chi connectivity index (χ2n) is 5.19. The molecule has 0 saturated heterocycles. The molecule has 24 heavy (non-hydrogen) atoms. The fraction of sp³-hybridized carbons (Fsp3) is 0.105. The van der Waals surface area contributed by atoms with E-state index in [1.807, 2.05) is 54.6 Å². The van der Waals surface area contributed by atoms with Crippen LogP contribution in [0.1, 0.15) is 27.7 Å². The summed E-state index contributed by atoms with van der Waals surface area (Å²) in [5.74, 6) is 0.758. The van der Waals surface area contributed by atoms with E-state index in [0.717, 1.165) is 16.9 Å². The molecule has 3 rings (SSSR count). The first-order valence-corrected chi connectivity index (χ1v) is 8.22. The molecule has 1 unspecified atom stereocenters. The first kappa shape index (κ1) is 16.3. The lowest BCUT2D eigenvalue weighted by atomic mass is 9.98. The van der Waals surface area contributed by atoms with Gasteiger partial charge in [0, 0.05) is 0 Å². The van der Waals surface area contributed by atoms with Gasteiger partial charge in [-0.2, -0.15) is 0 Å². The number of amides is 1. The van der Waals surface area contributed by atoms with Crippen molar-refractivity contribution in [2.45, 2.75) is 6.04 Å². The number of furan rings is 1. The number of carbonyl (C=O) groups is 1. The molecule has 0 spiro atoms. The second kappa shape index (κ2) is 7.36. The summed E-state index contributed by atoms with van der Waals surface area (Å²) in [6.07, 6.45) is 0. The normalized spacial score (nSPS) is 11.8. The SMILES string of the molecule is COc1ccc(C(NC(=O)c2ccc(Br)o2)c2ccccc2)cc1. The maximum Gasteiger partial charge on any atom is 0.287 e. The van der Waals surface area contributed by atoms with Crippen LogP contribution in [-0.2, 0) is 0 Å². The number of carbonyl (C=O) groups excluding carboxylic acids is 1. The lowest BCUT2D eigenvalue weighted by molar-refractivity contribution is 0.0913. The number of halogens is 1. The van der Waals surface area contributed by atoms with Crippen LogP contribution in [0.3, 0.4) is 0 Å². The molecular weight excluding hydrogens is 370 g/mol. The van der Waals surface area contributed by atoms with Gasteiger partial charge < -0.3 is 14.5 Å². The van der Waals surface area contributed by atoms with Gasteiger partial charge in [-0.15, -0.1) is 0 Å². The molecular formula is C19H16BrNO3. The largest absolute Gasteiger partial charge is 0.497 e. The van der Waals surface area contributed by atoms with Crippen LogP contribution in [0.2, 0.25) is 0 Å². The average molecular weight is 386 g/mol. The molecule has 4 nitrogen and oxygen atoms in total. The number of benzene rings is 2. The molecule has 122 valence electrons. The number of hydrogen-bond acceptors (Lipinski definition) is 3. The van der Waals surface area contributed by atoms with Crippen LogP contribution >= 0.6 is 15.9 Å². The number of rotatable bonds is 5. The summed E-state index contributed by atoms with van der Waals surface area (Å²) in [4.78, 5) is 12.5. The van der Waals surface area contributed by atoms with Crippen LogP contribution in [0.4, 0.5) is 0 Å². The van der Waals surface area contributed by atoms with Gasteiger partial charge in [0.15, 0.2) is 10.4 Å². The van der Waals surface area contributed by atoms with Gasteiger partial charge in [0.1, 0.15) is 5.75 Å². The summed E-state index contributed by atoms with van der Waals surface area (Å²) >= 11 is 3.21. The lowest BCUT2D eigenvalue weighted by Gasteiger charge is -2.19. The third-order valence-corrected chi connectivity index (χ3v) is 4.08. The second-order valence-corrected chi connectivity index (χ2v) is 5.98. The fourth-order valence-electron chi connectivity index (χ4n) is 2.44. The molecule has 5 heteroatoms. The quantitative estimate of drug-likeness (QED) is 0.699. The van der Waals surface area contributed by atoms with Gasteiger partial charge in [-0.1, -0.05) is 42.5 Å². The molecule has 1 heterocycles. The summed E-state index contributed by atoms with van der Waals surface area (Å²) in [6, 6.07) is 20.5. The van der Waals surface area contributed by atoms with Gasteiger partial charge in [-0.05, 0) is 51.3 Å². The third-order valence-electron chi connectivity index (χ3n) is 3.65. The summed E-state index contributed by atoms with van der Waals surface area (Å²) in [7, 11) is 1.63. The zero-order chi connectivity index (χ0) is 16.9. The fourth-order valence-corrected chi connectivity index (χ4v) is 2.75. The van der Waals surface area contributed by atoms with Crippen LogP contribution in [0, 0.1) is 0 Å². The minimum Gasteiger partial charge on any atom is -0.497 e. The molecule has 1 N–H and O–H groups in total. The molecule has 0 aliphatic carbocycles. The standard InChI is InChI=1S/C19H16BrNO3/c1-23-15-9-7-14(8-10-15)18(13-5-3-2-4-6-13)21-19(22)16-11-12-17(20)24-16/h2-12,18H,1H3,(H,21,22). The molecule has 2 aromatic carbocycles. The number of methoxy groups -OCH3 is 1. The van der Waals surface area contributed by atoms with Gasteiger partial charge in [-0.25, -0.2) is 0 Å². The summed E-state index contributed by atoms with van der Waals surface area (Å²) in [5.41, 5.74) is 1.95. The van der Waals surface area contributed by atoms with E-state index in [4.69, 9.17) is 9.15 Å². The Labute approximate surface area is 148 Å². The minimum atomic E-state index is -0.284. The highest BCUT2D eigenvalue weighted by atomic mass is 79.9. The number of hydrogen-bond donors (Lipinski definition) is 1. The van der Waals surface area contributed by atoms with E-state index in [0.29, 0.717) is 4.67 Å². The van der Waals surface area contributed by atoms with Crippen molar-refractivity contribution in [1.82, 2.24) is 5.32 Å². The monoisotopic (exact) mass is 385 g/mol. The molecule has 1 amide bonds. The Kier molecular flexibility index (Phi) is 5.01. The van der Waals surface area contributed by atoms with Crippen molar-refractivity contribution < 1.29 is 13.9 Å². The predicted octanol–water partition coefficient (Wildman–Crippen LogP) is 4.57. The predicted molar refractivity (Wildman–Crippen MR) is 95.2 cm³/mol. The van der Waals surface area contributed by atoms with Crippen molar-refractivity contribution in [3.05, 3.63) is 88.3 Å². The van der Waals surface area contributed by atoms with Crippen LogP contribution in [0.25, 0.3) is 0 Å². The number of ether oxygens (including phenoxy) is 1. The molecule has 0 saturated carbocycles. The Bertz CT molecular complexity index is 812. The first-order valence-electron chi connectivity index (χ1n) is 7.42. The van der Waals surface area contributed by atoms with E-state index >= 15 is 0 Å². The van der Waals surface area contributed by atoms with E-state index in [1.54, 1.807) is 19.2 Å². The van der Waals surface area contributed by atoms with E-state index in [1.165, 1.54) is 0 Å². The first-order chi connectivity index (χ1) is 11.7. The minimum absolute atomic E-state index is 0.260. The van der Waals surface area contributed by atoms with Crippen molar-refractivity contribution in [2.24, 2.45) is 0 Å². The van der Waals surface area contributed by atoms with Crippen molar-refractivity contribution >= 4 is 21.8 Å². The van der Waals surface area contributed by atoms with Gasteiger partial charge >= 0.3 is 0 Å². The molecule has 0 bridgehead atoms. The highest BCUT2D eigenvalue weighted by Gasteiger charge is 2.19. The molecule has 0 fully saturated rings. The Balaban J connectivity index is 1.91. The molecule has 1 atom stereocenters. The number of nitrogens with one attached hydrogen (secondary N) is 1. The van der Waals surface area contributed by atoms with Gasteiger partial charge in [0.25, 0.3) is 5.91 Å². The average Bonchev–Trinajstić information content (AvgIpc) is 3.07. The smallest absolute Gasteiger partial charge is 0.287 e. The summed E-state index contributed by atoms with van der Waals surface area (Å²) in [5, 5.41) is 3.02. The Morgan fingerprint density at radius 3 is 2.25 bits per heavy atom. The van der Waals surface area contributed by atoms with Crippen molar-refractivity contribution in [3.63, 3.8) is 0 Å². The van der Waals surface area contributed by atoms with Gasteiger partial charge in [0.05, 0.1) is 13.2 Å². The highest BCUT2D eigenvalue weighted by molar-refractivity contribution is 9.10. The molecule has 1 aromatic heterocycles. The van der Waals surface area contributed by atoms with Crippen molar-refractivity contribution in [2.75, 3.05) is 7.11 Å². The Morgan fingerprint density at radius 1 is 1.00 bits per heavy atom. The zero-order valence-electron chi connectivity index (χ0n) is 13.0. The topological polar surface area (TPSA) is 51.5 Å².